The Labute approximate surface area is 191 Å². The van der Waals surface area contributed by atoms with Gasteiger partial charge in [-0.15, -0.1) is 0 Å². The number of hydrogen-bond donors (Lipinski definition) is 1. The Bertz CT molecular complexity index is 1070. The fourth-order valence-electron chi connectivity index (χ4n) is 4.72. The van der Waals surface area contributed by atoms with Crippen molar-refractivity contribution in [1.29, 1.82) is 0 Å². The molecule has 6 nitrogen and oxygen atoms in total. The Morgan fingerprint density at radius 1 is 1.06 bits per heavy atom. The van der Waals surface area contributed by atoms with Crippen LogP contribution in [0.25, 0.3) is 0 Å². The number of fused-ring (bicyclic) bond motifs is 1. The van der Waals surface area contributed by atoms with Crippen LogP contribution < -0.4 is 10.1 Å². The molecule has 2 aromatic rings. The molecule has 7 heteroatoms. The molecular weight excluding hydrogens is 424 g/mol. The van der Waals surface area contributed by atoms with Gasteiger partial charge in [-0.1, -0.05) is 44.5 Å². The van der Waals surface area contributed by atoms with E-state index in [2.05, 4.69) is 19.2 Å². The number of sulfonamides is 1. The van der Waals surface area contributed by atoms with Crippen LogP contribution in [0, 0.1) is 0 Å². The van der Waals surface area contributed by atoms with E-state index in [1.807, 2.05) is 24.3 Å². The Morgan fingerprint density at radius 2 is 1.78 bits per heavy atom. The molecule has 32 heavy (non-hydrogen) atoms. The van der Waals surface area contributed by atoms with Crippen LogP contribution >= 0.6 is 0 Å². The van der Waals surface area contributed by atoms with Crippen LogP contribution in [-0.2, 0) is 10.0 Å². The number of carbonyl (C=O) groups is 1. The summed E-state index contributed by atoms with van der Waals surface area (Å²) in [7, 11) is -3.59. The summed E-state index contributed by atoms with van der Waals surface area (Å²) in [6.45, 7) is 5.28. The zero-order valence-corrected chi connectivity index (χ0v) is 19.7. The quantitative estimate of drug-likeness (QED) is 0.685. The highest BCUT2D eigenvalue weighted by Gasteiger charge is 2.39. The minimum Gasteiger partial charge on any atom is -0.487 e. The van der Waals surface area contributed by atoms with Crippen LogP contribution in [0.3, 0.4) is 0 Å². The van der Waals surface area contributed by atoms with Gasteiger partial charge in [0.05, 0.1) is 10.9 Å². The highest BCUT2D eigenvalue weighted by molar-refractivity contribution is 7.89. The lowest BCUT2D eigenvalue weighted by molar-refractivity contribution is 0.0227. The van der Waals surface area contributed by atoms with Gasteiger partial charge in [0.15, 0.2) is 0 Å². The van der Waals surface area contributed by atoms with E-state index in [0.717, 1.165) is 43.4 Å². The molecule has 1 unspecified atom stereocenters. The normalized spacial score (nSPS) is 20.8. The van der Waals surface area contributed by atoms with Crippen molar-refractivity contribution in [3.05, 3.63) is 59.7 Å². The second-order valence-corrected chi connectivity index (χ2v) is 10.7. The number of hydrogen-bond acceptors (Lipinski definition) is 4. The van der Waals surface area contributed by atoms with Crippen molar-refractivity contribution in [3.63, 3.8) is 0 Å². The summed E-state index contributed by atoms with van der Waals surface area (Å²) in [4.78, 5) is 13.4. The lowest BCUT2D eigenvalue weighted by Crippen LogP contribution is -2.44. The molecule has 2 aliphatic heterocycles. The first-order valence-corrected chi connectivity index (χ1v) is 13.0. The minimum absolute atomic E-state index is 0.177. The molecule has 1 amide bonds. The summed E-state index contributed by atoms with van der Waals surface area (Å²) in [5.74, 6) is 0.526. The zero-order valence-electron chi connectivity index (χ0n) is 18.8. The molecule has 1 atom stereocenters. The van der Waals surface area contributed by atoms with Gasteiger partial charge in [0.1, 0.15) is 11.4 Å². The Balaban J connectivity index is 1.58. The fraction of sp³-hybridized carbons (Fsp3) is 0.480. The van der Waals surface area contributed by atoms with Gasteiger partial charge in [0.2, 0.25) is 10.0 Å². The van der Waals surface area contributed by atoms with E-state index in [-0.39, 0.29) is 22.4 Å². The van der Waals surface area contributed by atoms with E-state index in [9.17, 15) is 13.2 Å². The van der Waals surface area contributed by atoms with Gasteiger partial charge in [-0.2, -0.15) is 4.31 Å². The molecule has 1 fully saturated rings. The number of ether oxygens (including phenoxy) is 1. The summed E-state index contributed by atoms with van der Waals surface area (Å²) in [6.07, 6.45) is 5.16. The molecule has 0 radical (unpaired) electrons. The minimum atomic E-state index is -3.59. The summed E-state index contributed by atoms with van der Waals surface area (Å²) >= 11 is 0. The number of piperidine rings is 1. The average molecular weight is 457 g/mol. The maximum atomic E-state index is 13.2. The molecule has 2 heterocycles. The van der Waals surface area contributed by atoms with E-state index >= 15 is 0 Å². The van der Waals surface area contributed by atoms with Gasteiger partial charge in [-0.05, 0) is 49.9 Å². The third-order valence-corrected chi connectivity index (χ3v) is 8.73. The zero-order chi connectivity index (χ0) is 22.8. The molecule has 0 aromatic heterocycles. The molecule has 0 aliphatic carbocycles. The standard InChI is InChI=1S/C25H32N2O4S/c1-3-25(4-2)18-22(21-13-6-7-14-23(21)31-25)26-24(28)19-11-10-12-20(17-19)32(29,30)27-15-8-5-9-16-27/h6-7,10-14,17,22H,3-5,8-9,15-16,18H2,1-2H3,(H,26,28). The van der Waals surface area contributed by atoms with E-state index in [4.69, 9.17) is 4.74 Å². The molecule has 172 valence electrons. The predicted octanol–water partition coefficient (Wildman–Crippen LogP) is 4.67. The highest BCUT2D eigenvalue weighted by Crippen LogP contribution is 2.42. The number of para-hydroxylation sites is 1. The largest absolute Gasteiger partial charge is 0.487 e. The van der Waals surface area contributed by atoms with Crippen LogP contribution in [-0.4, -0.2) is 37.3 Å². The van der Waals surface area contributed by atoms with Gasteiger partial charge in [0.25, 0.3) is 5.91 Å². The molecular formula is C25H32N2O4S. The molecule has 1 saturated heterocycles. The number of nitrogens with one attached hydrogen (secondary N) is 1. The molecule has 2 aliphatic rings. The Morgan fingerprint density at radius 3 is 2.50 bits per heavy atom. The highest BCUT2D eigenvalue weighted by atomic mass is 32.2. The molecule has 1 N–H and O–H groups in total. The van der Waals surface area contributed by atoms with Crippen molar-refractivity contribution < 1.29 is 17.9 Å². The second kappa shape index (κ2) is 9.24. The van der Waals surface area contributed by atoms with E-state index < -0.39 is 10.0 Å². The summed E-state index contributed by atoms with van der Waals surface area (Å²) in [6, 6.07) is 14.0. The third-order valence-electron chi connectivity index (χ3n) is 6.84. The fourth-order valence-corrected chi connectivity index (χ4v) is 6.29. The number of rotatable bonds is 6. The van der Waals surface area contributed by atoms with Gasteiger partial charge in [-0.3, -0.25) is 4.79 Å². The van der Waals surface area contributed by atoms with Gasteiger partial charge in [-0.25, -0.2) is 8.42 Å². The third kappa shape index (κ3) is 4.41. The van der Waals surface area contributed by atoms with Crippen LogP contribution in [0.15, 0.2) is 53.4 Å². The maximum absolute atomic E-state index is 13.2. The molecule has 0 saturated carbocycles. The first kappa shape index (κ1) is 22.8. The number of amides is 1. The van der Waals surface area contributed by atoms with Gasteiger partial charge >= 0.3 is 0 Å². The van der Waals surface area contributed by atoms with Crippen molar-refractivity contribution in [2.75, 3.05) is 13.1 Å². The number of nitrogens with zero attached hydrogens (tertiary/aromatic N) is 1. The lowest BCUT2D eigenvalue weighted by Gasteiger charge is -2.41. The molecule has 0 bridgehead atoms. The van der Waals surface area contributed by atoms with Crippen molar-refractivity contribution in [2.24, 2.45) is 0 Å². The van der Waals surface area contributed by atoms with Crippen molar-refractivity contribution in [1.82, 2.24) is 9.62 Å². The van der Waals surface area contributed by atoms with Gasteiger partial charge < -0.3 is 10.1 Å². The molecule has 4 rings (SSSR count). The Kier molecular flexibility index (Phi) is 6.58. The molecule has 2 aromatic carbocycles. The predicted molar refractivity (Wildman–Crippen MR) is 124 cm³/mol. The van der Waals surface area contributed by atoms with Crippen LogP contribution in [0.5, 0.6) is 5.75 Å². The first-order valence-electron chi connectivity index (χ1n) is 11.6. The van der Waals surface area contributed by atoms with Crippen LogP contribution in [0.2, 0.25) is 0 Å². The smallest absolute Gasteiger partial charge is 0.251 e. The average Bonchev–Trinajstić information content (AvgIpc) is 2.84. The van der Waals surface area contributed by atoms with E-state index in [1.54, 1.807) is 18.2 Å². The van der Waals surface area contributed by atoms with Crippen LogP contribution in [0.4, 0.5) is 0 Å². The second-order valence-electron chi connectivity index (χ2n) is 8.75. The summed E-state index contributed by atoms with van der Waals surface area (Å²) in [5, 5.41) is 3.15. The van der Waals surface area contributed by atoms with Crippen molar-refractivity contribution in [2.45, 2.75) is 68.9 Å². The topological polar surface area (TPSA) is 75.7 Å². The van der Waals surface area contributed by atoms with Gasteiger partial charge in [0, 0.05) is 30.6 Å². The number of carbonyl (C=O) groups excluding carboxylic acids is 1. The van der Waals surface area contributed by atoms with E-state index in [0.29, 0.717) is 25.1 Å². The Hall–Kier alpha value is -2.38. The molecule has 0 spiro atoms. The lowest BCUT2D eigenvalue weighted by atomic mass is 9.83. The summed E-state index contributed by atoms with van der Waals surface area (Å²) < 4.78 is 34.0. The number of benzene rings is 2. The van der Waals surface area contributed by atoms with Crippen molar-refractivity contribution in [3.8, 4) is 5.75 Å². The monoisotopic (exact) mass is 456 g/mol. The first-order chi connectivity index (χ1) is 15.4. The van der Waals surface area contributed by atoms with Crippen molar-refractivity contribution >= 4 is 15.9 Å². The summed E-state index contributed by atoms with van der Waals surface area (Å²) in [5.41, 5.74) is 0.979. The maximum Gasteiger partial charge on any atom is 0.251 e. The van der Waals surface area contributed by atoms with E-state index in [1.165, 1.54) is 10.4 Å². The van der Waals surface area contributed by atoms with Crippen LogP contribution in [0.1, 0.15) is 74.3 Å². The SMILES string of the molecule is CCC1(CC)CC(NC(=O)c2cccc(S(=O)(=O)N3CCCCC3)c2)c2ccccc2O1.